The van der Waals surface area contributed by atoms with E-state index in [1.165, 1.54) is 10.9 Å². The molecule has 0 saturated heterocycles. The predicted molar refractivity (Wildman–Crippen MR) is 60.6 cm³/mol. The first kappa shape index (κ1) is 8.10. The summed E-state index contributed by atoms with van der Waals surface area (Å²) in [5.74, 6) is 0. The zero-order chi connectivity index (χ0) is 10.5. The van der Waals surface area contributed by atoms with Gasteiger partial charge in [-0.15, -0.1) is 5.10 Å². The molecule has 0 radical (unpaired) electrons. The van der Waals surface area contributed by atoms with Crippen molar-refractivity contribution >= 4 is 27.9 Å². The lowest BCUT2D eigenvalue weighted by Crippen LogP contribution is -2.08. The zero-order valence-corrected chi connectivity index (χ0v) is 8.51. The summed E-state index contributed by atoms with van der Waals surface area (Å²) in [6, 6.07) is 0. The van der Waals surface area contributed by atoms with E-state index in [0.29, 0.717) is 0 Å². The van der Waals surface area contributed by atoms with Gasteiger partial charge in [0.1, 0.15) is 11.0 Å². The van der Waals surface area contributed by atoms with Gasteiger partial charge in [0.2, 0.25) is 0 Å². The molecule has 0 unspecified atom stereocenters. The van der Waals surface area contributed by atoms with Crippen LogP contribution in [-0.4, -0.2) is 20.2 Å². The average Bonchev–Trinajstić information content (AvgIpc) is 2.88. The Morgan fingerprint density at radius 1 is 1.06 bits per heavy atom. The topological polar surface area (TPSA) is 51.6 Å². The molecule has 0 amide bonds. The number of hydrogen-bond donors (Lipinski definition) is 0. The third-order valence-corrected chi connectivity index (χ3v) is 3.13. The summed E-state index contributed by atoms with van der Waals surface area (Å²) in [5, 5.41) is 11.5. The number of aromatic nitrogens is 4. The van der Waals surface area contributed by atoms with Gasteiger partial charge >= 0.3 is 0 Å². The number of rotatable bonds is 0. The van der Waals surface area contributed by atoms with Gasteiger partial charge in [0.05, 0.1) is 11.5 Å². The largest absolute Gasteiger partial charge is 0.256 e. The van der Waals surface area contributed by atoms with Crippen LogP contribution in [0.3, 0.4) is 0 Å². The van der Waals surface area contributed by atoms with Gasteiger partial charge in [-0.2, -0.15) is 5.10 Å². The molecule has 1 aliphatic rings. The fraction of sp³-hybridized carbons (Fsp3) is 0.167. The van der Waals surface area contributed by atoms with Crippen LogP contribution in [0.1, 0.15) is 12.0 Å². The molecule has 0 N–H and O–H groups in total. The molecule has 1 aliphatic carbocycles. The molecule has 4 nitrogen and oxygen atoms in total. The second kappa shape index (κ2) is 2.72. The van der Waals surface area contributed by atoms with Crippen molar-refractivity contribution in [3.8, 4) is 0 Å². The highest BCUT2D eigenvalue weighted by atomic mass is 15.1. The summed E-state index contributed by atoms with van der Waals surface area (Å²) in [7, 11) is 0. The fourth-order valence-corrected chi connectivity index (χ4v) is 2.41. The Bertz CT molecular complexity index is 763. The van der Waals surface area contributed by atoms with E-state index < -0.39 is 0 Å². The summed E-state index contributed by atoms with van der Waals surface area (Å²) in [4.78, 5) is 8.80. The van der Waals surface area contributed by atoms with Crippen LogP contribution in [0, 0.1) is 0 Å². The molecule has 3 heterocycles. The van der Waals surface area contributed by atoms with E-state index in [1.54, 1.807) is 6.20 Å². The Kier molecular flexibility index (Phi) is 1.38. The molecule has 3 aromatic rings. The normalized spacial score (nSPS) is 14.2. The molecule has 0 atom stereocenters. The van der Waals surface area contributed by atoms with E-state index in [9.17, 15) is 0 Å². The Morgan fingerprint density at radius 2 is 2.00 bits per heavy atom. The molecule has 3 aromatic heterocycles. The van der Waals surface area contributed by atoms with E-state index >= 15 is 0 Å². The maximum absolute atomic E-state index is 4.40. The highest BCUT2D eigenvalue weighted by molar-refractivity contribution is 5.94. The van der Waals surface area contributed by atoms with Crippen molar-refractivity contribution in [3.63, 3.8) is 0 Å². The van der Waals surface area contributed by atoms with Gasteiger partial charge in [-0.1, -0.05) is 6.08 Å². The summed E-state index contributed by atoms with van der Waals surface area (Å²) in [6.07, 6.45) is 9.66. The highest BCUT2D eigenvalue weighted by Crippen LogP contribution is 2.23. The van der Waals surface area contributed by atoms with Crippen molar-refractivity contribution in [2.75, 3.05) is 0 Å². The summed E-state index contributed by atoms with van der Waals surface area (Å²) < 4.78 is 0. The van der Waals surface area contributed by atoms with Gasteiger partial charge in [0, 0.05) is 23.2 Å². The van der Waals surface area contributed by atoms with Crippen molar-refractivity contribution < 1.29 is 0 Å². The number of aryl methyl sites for hydroxylation is 1. The monoisotopic (exact) mass is 208 g/mol. The maximum Gasteiger partial charge on any atom is 0.117 e. The number of hydrogen-bond acceptors (Lipinski definition) is 4. The standard InChI is InChI=1S/C12H8N4/c1-2-8-11-7(4-13-9(11)3-1)5-14-10-6-15-16-12(8)10/h3-6H,1-2H2. The minimum Gasteiger partial charge on any atom is -0.256 e. The third-order valence-electron chi connectivity index (χ3n) is 3.13. The summed E-state index contributed by atoms with van der Waals surface area (Å²) in [5.41, 5.74) is 3.05. The second-order valence-corrected chi connectivity index (χ2v) is 4.03. The van der Waals surface area contributed by atoms with Crippen LogP contribution >= 0.6 is 0 Å². The van der Waals surface area contributed by atoms with Crippen LogP contribution in [-0.2, 0) is 6.42 Å². The van der Waals surface area contributed by atoms with Crippen molar-refractivity contribution in [2.45, 2.75) is 12.8 Å². The van der Waals surface area contributed by atoms with E-state index in [2.05, 4.69) is 26.2 Å². The minimum absolute atomic E-state index is 0.874. The van der Waals surface area contributed by atoms with Crippen molar-refractivity contribution in [1.82, 2.24) is 20.2 Å². The molecule has 0 aromatic carbocycles. The maximum atomic E-state index is 4.40. The fourth-order valence-electron chi connectivity index (χ4n) is 2.41. The molecule has 0 aliphatic heterocycles. The lowest BCUT2D eigenvalue weighted by molar-refractivity contribution is 1.02. The van der Waals surface area contributed by atoms with Crippen LogP contribution in [0.2, 0.25) is 0 Å². The summed E-state index contributed by atoms with van der Waals surface area (Å²) in [6.45, 7) is 0. The first-order valence-electron chi connectivity index (χ1n) is 5.31. The molecule has 0 fully saturated rings. The van der Waals surface area contributed by atoms with E-state index in [1.807, 2.05) is 12.4 Å². The van der Waals surface area contributed by atoms with Gasteiger partial charge in [0.25, 0.3) is 0 Å². The lowest BCUT2D eigenvalue weighted by Gasteiger charge is -2.02. The minimum atomic E-state index is 0.874. The molecule has 4 heteroatoms. The van der Waals surface area contributed by atoms with Crippen LogP contribution in [0.4, 0.5) is 0 Å². The third kappa shape index (κ3) is 0.888. The lowest BCUT2D eigenvalue weighted by atomic mass is 10.0. The molecule has 0 bridgehead atoms. The van der Waals surface area contributed by atoms with Crippen LogP contribution in [0.15, 0.2) is 18.6 Å². The van der Waals surface area contributed by atoms with E-state index in [4.69, 9.17) is 0 Å². The molecule has 4 rings (SSSR count). The van der Waals surface area contributed by atoms with Crippen molar-refractivity contribution in [2.24, 2.45) is 0 Å². The highest BCUT2D eigenvalue weighted by Gasteiger charge is 2.13. The smallest absolute Gasteiger partial charge is 0.117 e. The van der Waals surface area contributed by atoms with Crippen molar-refractivity contribution in [1.29, 1.82) is 0 Å². The molecule has 0 saturated carbocycles. The molecule has 0 spiro atoms. The average molecular weight is 208 g/mol. The van der Waals surface area contributed by atoms with Gasteiger partial charge in [-0.05, 0) is 18.4 Å². The first-order valence-corrected chi connectivity index (χ1v) is 5.31. The van der Waals surface area contributed by atoms with E-state index in [-0.39, 0.29) is 0 Å². The van der Waals surface area contributed by atoms with Crippen LogP contribution < -0.4 is 5.35 Å². The first-order chi connectivity index (χ1) is 7.93. The molecule has 16 heavy (non-hydrogen) atoms. The van der Waals surface area contributed by atoms with Gasteiger partial charge in [-0.25, -0.2) is 0 Å². The Hall–Kier alpha value is -2.10. The van der Waals surface area contributed by atoms with Crippen molar-refractivity contribution in [3.05, 3.63) is 29.5 Å². The zero-order valence-electron chi connectivity index (χ0n) is 8.51. The predicted octanol–water partition coefficient (Wildman–Crippen LogP) is 1.02. The van der Waals surface area contributed by atoms with Gasteiger partial charge < -0.3 is 0 Å². The van der Waals surface area contributed by atoms with E-state index in [0.717, 1.165) is 34.6 Å². The molecule has 76 valence electrons. The Labute approximate surface area is 91.0 Å². The quantitative estimate of drug-likeness (QED) is 0.553. The molecular weight excluding hydrogens is 200 g/mol. The van der Waals surface area contributed by atoms with Crippen LogP contribution in [0.25, 0.3) is 27.9 Å². The SMILES string of the molecule is C1=c2ncc3cnc4cnnc4c(c23)CC1. The second-order valence-electron chi connectivity index (χ2n) is 4.03. The number of nitrogens with zero attached hydrogens (tertiary/aromatic N) is 4. The number of fused-ring (bicyclic) bond motifs is 2. The van der Waals surface area contributed by atoms with Gasteiger partial charge in [0.15, 0.2) is 0 Å². The Morgan fingerprint density at radius 3 is 3.00 bits per heavy atom. The van der Waals surface area contributed by atoms with Gasteiger partial charge in [-0.3, -0.25) is 9.97 Å². The Balaban J connectivity index is 2.42. The summed E-state index contributed by atoms with van der Waals surface area (Å²) >= 11 is 0. The molecular formula is C12H8N4. The van der Waals surface area contributed by atoms with Crippen LogP contribution in [0.5, 0.6) is 0 Å².